The molecule has 0 spiro atoms. The SMILES string of the molecule is N=C(c1ccc(-c2ccc(Cl)cc2F)o1)c1sc(=O)n(CCCCCC(=O)O)c1O. The molecule has 158 valence electrons. The highest BCUT2D eigenvalue weighted by molar-refractivity contribution is 7.12. The summed E-state index contributed by atoms with van der Waals surface area (Å²) in [4.78, 5) is 22.4. The van der Waals surface area contributed by atoms with E-state index >= 15 is 0 Å². The molecule has 7 nitrogen and oxygen atoms in total. The number of hydrogen-bond acceptors (Lipinski definition) is 6. The van der Waals surface area contributed by atoms with Gasteiger partial charge in [0.25, 0.3) is 0 Å². The molecular formula is C20H18ClFN2O5S. The van der Waals surface area contributed by atoms with Crippen LogP contribution in [0.15, 0.2) is 39.5 Å². The predicted octanol–water partition coefficient (Wildman–Crippen LogP) is 4.73. The molecule has 10 heteroatoms. The molecule has 0 fully saturated rings. The van der Waals surface area contributed by atoms with Crippen LogP contribution in [-0.4, -0.2) is 26.5 Å². The zero-order valence-corrected chi connectivity index (χ0v) is 17.2. The van der Waals surface area contributed by atoms with E-state index < -0.39 is 16.7 Å². The number of aromatic nitrogens is 1. The van der Waals surface area contributed by atoms with Crippen molar-refractivity contribution in [3.05, 3.63) is 61.5 Å². The summed E-state index contributed by atoms with van der Waals surface area (Å²) >= 11 is 6.46. The normalized spacial score (nSPS) is 11.0. The lowest BCUT2D eigenvalue weighted by Gasteiger charge is -2.04. The summed E-state index contributed by atoms with van der Waals surface area (Å²) in [6, 6.07) is 7.09. The van der Waals surface area contributed by atoms with Crippen molar-refractivity contribution in [3.63, 3.8) is 0 Å². The minimum absolute atomic E-state index is 0.0445. The van der Waals surface area contributed by atoms with Crippen molar-refractivity contribution >= 4 is 34.6 Å². The van der Waals surface area contributed by atoms with Crippen molar-refractivity contribution < 1.29 is 23.8 Å². The van der Waals surface area contributed by atoms with Gasteiger partial charge in [-0.1, -0.05) is 29.4 Å². The monoisotopic (exact) mass is 452 g/mol. The molecule has 0 saturated carbocycles. The maximum Gasteiger partial charge on any atom is 0.310 e. The van der Waals surface area contributed by atoms with Gasteiger partial charge in [0.15, 0.2) is 5.76 Å². The lowest BCUT2D eigenvalue weighted by molar-refractivity contribution is -0.137. The van der Waals surface area contributed by atoms with Gasteiger partial charge in [-0.05, 0) is 43.2 Å². The summed E-state index contributed by atoms with van der Waals surface area (Å²) in [5, 5.41) is 27.6. The highest BCUT2D eigenvalue weighted by Gasteiger charge is 2.22. The number of unbranched alkanes of at least 4 members (excludes halogenated alkanes) is 2. The highest BCUT2D eigenvalue weighted by atomic mass is 35.5. The standard InChI is InChI=1S/C20H18ClFN2O5S/c21-11-5-6-12(13(22)10-11)14-7-8-15(29-14)17(23)18-19(27)24(20(28)30-18)9-3-1-2-4-16(25)26/h5-8,10,23,27H,1-4,9H2,(H,25,26). The molecule has 3 N–H and O–H groups in total. The molecule has 3 aromatic rings. The molecule has 0 aliphatic rings. The van der Waals surface area contributed by atoms with Crippen LogP contribution in [0.3, 0.4) is 0 Å². The average Bonchev–Trinajstić information content (AvgIpc) is 3.27. The van der Waals surface area contributed by atoms with Crippen molar-refractivity contribution in [1.82, 2.24) is 4.57 Å². The van der Waals surface area contributed by atoms with Crippen LogP contribution in [0.1, 0.15) is 36.3 Å². The number of aromatic hydroxyl groups is 1. The number of nitrogens with one attached hydrogen (secondary N) is 1. The van der Waals surface area contributed by atoms with Crippen LogP contribution in [0, 0.1) is 11.2 Å². The fraction of sp³-hybridized carbons (Fsp3) is 0.250. The molecule has 0 unspecified atom stereocenters. The molecule has 3 rings (SSSR count). The molecule has 0 atom stereocenters. The molecule has 0 saturated heterocycles. The van der Waals surface area contributed by atoms with Crippen LogP contribution in [-0.2, 0) is 11.3 Å². The minimum Gasteiger partial charge on any atom is -0.493 e. The maximum atomic E-state index is 14.1. The van der Waals surface area contributed by atoms with E-state index in [1.807, 2.05) is 0 Å². The summed E-state index contributed by atoms with van der Waals surface area (Å²) in [6.07, 6.45) is 1.64. The van der Waals surface area contributed by atoms with E-state index in [0.29, 0.717) is 30.6 Å². The Morgan fingerprint density at radius 3 is 2.70 bits per heavy atom. The quantitative estimate of drug-likeness (QED) is 0.320. The van der Waals surface area contributed by atoms with Gasteiger partial charge in [-0.25, -0.2) is 4.39 Å². The van der Waals surface area contributed by atoms with Crippen molar-refractivity contribution in [2.75, 3.05) is 0 Å². The first-order chi connectivity index (χ1) is 14.3. The first-order valence-corrected chi connectivity index (χ1v) is 10.3. The third-order valence-electron chi connectivity index (χ3n) is 4.42. The van der Waals surface area contributed by atoms with Gasteiger partial charge < -0.3 is 14.6 Å². The first kappa shape index (κ1) is 21.8. The van der Waals surface area contributed by atoms with E-state index in [-0.39, 0.29) is 51.5 Å². The molecule has 0 amide bonds. The molecular weight excluding hydrogens is 435 g/mol. The number of rotatable bonds is 9. The van der Waals surface area contributed by atoms with Gasteiger partial charge >= 0.3 is 10.8 Å². The molecule has 0 aliphatic heterocycles. The maximum absolute atomic E-state index is 14.1. The van der Waals surface area contributed by atoms with Gasteiger partial charge in [0.2, 0.25) is 5.88 Å². The Morgan fingerprint density at radius 2 is 2.00 bits per heavy atom. The van der Waals surface area contributed by atoms with E-state index in [9.17, 15) is 19.1 Å². The minimum atomic E-state index is -0.877. The number of halogens is 2. The number of carboxylic acid groups (broad SMARTS) is 1. The average molecular weight is 453 g/mol. The summed E-state index contributed by atoms with van der Waals surface area (Å²) in [6.45, 7) is 0.216. The Morgan fingerprint density at radius 1 is 1.23 bits per heavy atom. The van der Waals surface area contributed by atoms with Crippen LogP contribution in [0.2, 0.25) is 5.02 Å². The second-order valence-electron chi connectivity index (χ2n) is 6.54. The Bertz CT molecular complexity index is 1150. The Kier molecular flexibility index (Phi) is 6.73. The summed E-state index contributed by atoms with van der Waals surface area (Å²) in [5.74, 6) is -1.53. The third-order valence-corrected chi connectivity index (χ3v) is 5.64. The van der Waals surface area contributed by atoms with Crippen molar-refractivity contribution in [2.24, 2.45) is 0 Å². The Labute approximate surface area is 179 Å². The number of benzene rings is 1. The fourth-order valence-corrected chi connectivity index (χ4v) is 3.92. The number of aliphatic carboxylic acids is 1. The summed E-state index contributed by atoms with van der Waals surface area (Å²) in [5.41, 5.74) is -0.0189. The van der Waals surface area contributed by atoms with E-state index in [2.05, 4.69) is 0 Å². The van der Waals surface area contributed by atoms with Gasteiger partial charge in [0.1, 0.15) is 22.2 Å². The lowest BCUT2D eigenvalue weighted by atomic mass is 10.1. The number of carbonyl (C=O) groups is 1. The Hall–Kier alpha value is -2.91. The van der Waals surface area contributed by atoms with Gasteiger partial charge in [0.05, 0.1) is 5.56 Å². The molecule has 2 aromatic heterocycles. The molecule has 1 aromatic carbocycles. The van der Waals surface area contributed by atoms with E-state index in [1.165, 1.54) is 24.3 Å². The van der Waals surface area contributed by atoms with Crippen LogP contribution in [0.5, 0.6) is 5.88 Å². The predicted molar refractivity (Wildman–Crippen MR) is 111 cm³/mol. The second-order valence-corrected chi connectivity index (χ2v) is 7.94. The number of carboxylic acids is 1. The van der Waals surface area contributed by atoms with Gasteiger partial charge in [0, 0.05) is 18.0 Å². The highest BCUT2D eigenvalue weighted by Crippen LogP contribution is 2.30. The van der Waals surface area contributed by atoms with E-state index in [1.54, 1.807) is 0 Å². The van der Waals surface area contributed by atoms with E-state index in [0.717, 1.165) is 10.6 Å². The van der Waals surface area contributed by atoms with Crippen molar-refractivity contribution in [3.8, 4) is 17.2 Å². The van der Waals surface area contributed by atoms with Crippen molar-refractivity contribution in [1.29, 1.82) is 5.41 Å². The first-order valence-electron chi connectivity index (χ1n) is 9.07. The number of furan rings is 1. The number of thiazole rings is 1. The van der Waals surface area contributed by atoms with Gasteiger partial charge in [-0.3, -0.25) is 19.6 Å². The molecule has 2 heterocycles. The molecule has 0 radical (unpaired) electrons. The fourth-order valence-electron chi connectivity index (χ4n) is 2.90. The zero-order chi connectivity index (χ0) is 21.8. The zero-order valence-electron chi connectivity index (χ0n) is 15.7. The second kappa shape index (κ2) is 9.27. The molecule has 0 bridgehead atoms. The van der Waals surface area contributed by atoms with Crippen molar-refractivity contribution in [2.45, 2.75) is 32.2 Å². The third kappa shape index (κ3) is 4.80. The Balaban J connectivity index is 1.75. The summed E-state index contributed by atoms with van der Waals surface area (Å²) in [7, 11) is 0. The number of hydrogen-bond donors (Lipinski definition) is 3. The topological polar surface area (TPSA) is 117 Å². The molecule has 0 aliphatic carbocycles. The van der Waals surface area contributed by atoms with Crippen LogP contribution in [0.4, 0.5) is 4.39 Å². The van der Waals surface area contributed by atoms with Crippen LogP contribution < -0.4 is 4.87 Å². The largest absolute Gasteiger partial charge is 0.493 e. The van der Waals surface area contributed by atoms with Gasteiger partial charge in [-0.15, -0.1) is 0 Å². The summed E-state index contributed by atoms with van der Waals surface area (Å²) < 4.78 is 20.8. The lowest BCUT2D eigenvalue weighted by Crippen LogP contribution is -2.12. The number of nitrogens with zero attached hydrogens (tertiary/aromatic N) is 1. The van der Waals surface area contributed by atoms with E-state index in [4.69, 9.17) is 26.5 Å². The van der Waals surface area contributed by atoms with Crippen LogP contribution in [0.25, 0.3) is 11.3 Å². The smallest absolute Gasteiger partial charge is 0.310 e. The van der Waals surface area contributed by atoms with Gasteiger partial charge in [-0.2, -0.15) is 0 Å². The molecule has 30 heavy (non-hydrogen) atoms. The van der Waals surface area contributed by atoms with Crippen LogP contribution >= 0.6 is 22.9 Å².